The van der Waals surface area contributed by atoms with E-state index in [2.05, 4.69) is 12.2 Å². The summed E-state index contributed by atoms with van der Waals surface area (Å²) in [6.07, 6.45) is 17.1. The molecular weight excluding hydrogens is 240 g/mol. The Balaban J connectivity index is 0.000000388. The van der Waals surface area contributed by atoms with Gasteiger partial charge in [-0.05, 0) is 44.9 Å². The van der Waals surface area contributed by atoms with Crippen molar-refractivity contribution in [2.75, 3.05) is 14.2 Å². The first-order chi connectivity index (χ1) is 9.35. The minimum atomic E-state index is -0.0822. The highest BCUT2D eigenvalue weighted by Gasteiger charge is 2.02. The number of methoxy groups -OCH3 is 2. The van der Waals surface area contributed by atoms with Gasteiger partial charge in [0.1, 0.15) is 6.29 Å². The predicted molar refractivity (Wildman–Crippen MR) is 79.2 cm³/mol. The topological polar surface area (TPSA) is 35.5 Å². The van der Waals surface area contributed by atoms with Gasteiger partial charge in [-0.15, -0.1) is 0 Å². The van der Waals surface area contributed by atoms with Crippen LogP contribution in [0.25, 0.3) is 0 Å². The van der Waals surface area contributed by atoms with Crippen LogP contribution in [0.15, 0.2) is 12.2 Å². The molecular formula is C16H30O3. The SMILES string of the molecule is C1=CCCCCC1.COC(CCCCCC=O)OC. The quantitative estimate of drug-likeness (QED) is 0.286. The summed E-state index contributed by atoms with van der Waals surface area (Å²) in [7, 11) is 3.28. The Labute approximate surface area is 118 Å². The van der Waals surface area contributed by atoms with Gasteiger partial charge in [0.15, 0.2) is 6.29 Å². The molecule has 0 aromatic rings. The van der Waals surface area contributed by atoms with Crippen molar-refractivity contribution in [3.8, 4) is 0 Å². The van der Waals surface area contributed by atoms with E-state index in [0.717, 1.165) is 32.0 Å². The minimum absolute atomic E-state index is 0.0822. The van der Waals surface area contributed by atoms with Crippen molar-refractivity contribution >= 4 is 6.29 Å². The Morgan fingerprint density at radius 3 is 2.16 bits per heavy atom. The van der Waals surface area contributed by atoms with Crippen LogP contribution in [0.3, 0.4) is 0 Å². The van der Waals surface area contributed by atoms with Crippen LogP contribution in [-0.4, -0.2) is 26.8 Å². The maximum atomic E-state index is 9.96. The summed E-state index contributed by atoms with van der Waals surface area (Å²) in [4.78, 5) is 9.96. The fraction of sp³-hybridized carbons (Fsp3) is 0.812. The fourth-order valence-corrected chi connectivity index (χ4v) is 1.98. The van der Waals surface area contributed by atoms with Gasteiger partial charge in [0.2, 0.25) is 0 Å². The highest BCUT2D eigenvalue weighted by molar-refractivity contribution is 5.48. The van der Waals surface area contributed by atoms with Crippen molar-refractivity contribution < 1.29 is 14.3 Å². The van der Waals surface area contributed by atoms with Gasteiger partial charge >= 0.3 is 0 Å². The van der Waals surface area contributed by atoms with Crippen LogP contribution in [0, 0.1) is 0 Å². The minimum Gasteiger partial charge on any atom is -0.356 e. The van der Waals surface area contributed by atoms with Gasteiger partial charge in [0.05, 0.1) is 0 Å². The smallest absolute Gasteiger partial charge is 0.156 e. The summed E-state index contributed by atoms with van der Waals surface area (Å²) in [6, 6.07) is 0. The number of aldehydes is 1. The van der Waals surface area contributed by atoms with Gasteiger partial charge < -0.3 is 14.3 Å². The molecule has 1 aliphatic carbocycles. The summed E-state index contributed by atoms with van der Waals surface area (Å²) >= 11 is 0. The molecule has 0 N–H and O–H groups in total. The van der Waals surface area contributed by atoms with Gasteiger partial charge in [-0.1, -0.05) is 25.0 Å². The summed E-state index contributed by atoms with van der Waals surface area (Å²) < 4.78 is 10.0. The highest BCUT2D eigenvalue weighted by atomic mass is 16.7. The molecule has 112 valence electrons. The number of rotatable bonds is 8. The molecule has 19 heavy (non-hydrogen) atoms. The largest absolute Gasteiger partial charge is 0.356 e. The third-order valence-corrected chi connectivity index (χ3v) is 3.20. The van der Waals surface area contributed by atoms with E-state index in [1.54, 1.807) is 14.2 Å². The number of ether oxygens (including phenoxy) is 2. The molecule has 0 amide bonds. The Morgan fingerprint density at radius 2 is 1.63 bits per heavy atom. The first-order valence-electron chi connectivity index (χ1n) is 7.49. The van der Waals surface area contributed by atoms with E-state index in [4.69, 9.17) is 9.47 Å². The van der Waals surface area contributed by atoms with Crippen LogP contribution >= 0.6 is 0 Å². The molecule has 0 aromatic heterocycles. The highest BCUT2D eigenvalue weighted by Crippen LogP contribution is 2.09. The zero-order valence-electron chi connectivity index (χ0n) is 12.6. The standard InChI is InChI=1S/C9H18O3.C7H12/c1-11-9(12-2)7-5-3-4-6-8-10;1-2-4-6-7-5-3-1/h8-9H,3-7H2,1-2H3;1-2H,3-7H2. The Morgan fingerprint density at radius 1 is 1.00 bits per heavy atom. The number of unbranched alkanes of at least 4 members (excludes halogenated alkanes) is 3. The van der Waals surface area contributed by atoms with E-state index < -0.39 is 0 Å². The fourth-order valence-electron chi connectivity index (χ4n) is 1.98. The number of allylic oxidation sites excluding steroid dienone is 2. The van der Waals surface area contributed by atoms with Crippen molar-refractivity contribution in [2.45, 2.75) is 70.5 Å². The van der Waals surface area contributed by atoms with Crippen LogP contribution in [0.4, 0.5) is 0 Å². The average Bonchev–Trinajstić information content (AvgIpc) is 2.76. The molecule has 0 saturated carbocycles. The van der Waals surface area contributed by atoms with Crippen LogP contribution in [-0.2, 0) is 14.3 Å². The lowest BCUT2D eigenvalue weighted by Crippen LogP contribution is -2.12. The van der Waals surface area contributed by atoms with Crippen molar-refractivity contribution in [2.24, 2.45) is 0 Å². The first-order valence-corrected chi connectivity index (χ1v) is 7.49. The molecule has 0 saturated heterocycles. The molecule has 0 aromatic carbocycles. The van der Waals surface area contributed by atoms with Crippen LogP contribution in [0.2, 0.25) is 0 Å². The zero-order valence-corrected chi connectivity index (χ0v) is 12.6. The normalized spacial score (nSPS) is 14.7. The average molecular weight is 270 g/mol. The monoisotopic (exact) mass is 270 g/mol. The second-order valence-electron chi connectivity index (χ2n) is 4.82. The Kier molecular flexibility index (Phi) is 14.8. The van der Waals surface area contributed by atoms with Crippen molar-refractivity contribution in [1.82, 2.24) is 0 Å². The zero-order chi connectivity index (χ0) is 14.2. The number of carbonyl (C=O) groups excluding carboxylic acids is 1. The second-order valence-corrected chi connectivity index (χ2v) is 4.82. The summed E-state index contributed by atoms with van der Waals surface area (Å²) in [5.41, 5.74) is 0. The number of hydrogen-bond acceptors (Lipinski definition) is 3. The van der Waals surface area contributed by atoms with E-state index in [1.807, 2.05) is 0 Å². The molecule has 0 unspecified atom stereocenters. The van der Waals surface area contributed by atoms with Crippen LogP contribution < -0.4 is 0 Å². The molecule has 1 rings (SSSR count). The number of carbonyl (C=O) groups is 1. The molecule has 0 atom stereocenters. The third kappa shape index (κ3) is 13.6. The van der Waals surface area contributed by atoms with Gasteiger partial charge in [-0.3, -0.25) is 0 Å². The summed E-state index contributed by atoms with van der Waals surface area (Å²) in [5, 5.41) is 0. The molecule has 0 aliphatic heterocycles. The van der Waals surface area contributed by atoms with Gasteiger partial charge in [0, 0.05) is 20.6 Å². The molecule has 0 fully saturated rings. The second kappa shape index (κ2) is 15.4. The number of hydrogen-bond donors (Lipinski definition) is 0. The molecule has 0 spiro atoms. The summed E-state index contributed by atoms with van der Waals surface area (Å²) in [6.45, 7) is 0. The third-order valence-electron chi connectivity index (χ3n) is 3.20. The lowest BCUT2D eigenvalue weighted by Gasteiger charge is -2.12. The molecule has 3 nitrogen and oxygen atoms in total. The Hall–Kier alpha value is -0.670. The molecule has 3 heteroatoms. The lowest BCUT2D eigenvalue weighted by atomic mass is 10.1. The van der Waals surface area contributed by atoms with Crippen LogP contribution in [0.1, 0.15) is 64.2 Å². The van der Waals surface area contributed by atoms with Crippen molar-refractivity contribution in [3.63, 3.8) is 0 Å². The van der Waals surface area contributed by atoms with Crippen LogP contribution in [0.5, 0.6) is 0 Å². The van der Waals surface area contributed by atoms with E-state index >= 15 is 0 Å². The molecule has 0 bridgehead atoms. The van der Waals surface area contributed by atoms with Crippen molar-refractivity contribution in [3.05, 3.63) is 12.2 Å². The van der Waals surface area contributed by atoms with Gasteiger partial charge in [0.25, 0.3) is 0 Å². The first kappa shape index (κ1) is 18.3. The van der Waals surface area contributed by atoms with E-state index in [1.165, 1.54) is 32.1 Å². The van der Waals surface area contributed by atoms with Gasteiger partial charge in [-0.25, -0.2) is 0 Å². The lowest BCUT2D eigenvalue weighted by molar-refractivity contribution is -0.108. The maximum absolute atomic E-state index is 9.96. The Bertz CT molecular complexity index is 202. The van der Waals surface area contributed by atoms with E-state index in [-0.39, 0.29) is 6.29 Å². The molecule has 0 heterocycles. The molecule has 0 radical (unpaired) electrons. The molecule has 1 aliphatic rings. The summed E-state index contributed by atoms with van der Waals surface area (Å²) in [5.74, 6) is 0. The van der Waals surface area contributed by atoms with E-state index in [0.29, 0.717) is 6.42 Å². The van der Waals surface area contributed by atoms with Crippen molar-refractivity contribution in [1.29, 1.82) is 0 Å². The van der Waals surface area contributed by atoms with Gasteiger partial charge in [-0.2, -0.15) is 0 Å². The maximum Gasteiger partial charge on any atom is 0.156 e. The van der Waals surface area contributed by atoms with E-state index in [9.17, 15) is 4.79 Å². The predicted octanol–water partition coefficient (Wildman–Crippen LogP) is 4.26.